The van der Waals surface area contributed by atoms with Crippen molar-refractivity contribution in [1.29, 1.82) is 0 Å². The summed E-state index contributed by atoms with van der Waals surface area (Å²) in [5.74, 6) is 0.515. The van der Waals surface area contributed by atoms with E-state index in [9.17, 15) is 13.2 Å². The van der Waals surface area contributed by atoms with Gasteiger partial charge in [-0.3, -0.25) is 4.90 Å². The molecule has 9 heteroatoms. The minimum absolute atomic E-state index is 0.452. The van der Waals surface area contributed by atoms with Crippen molar-refractivity contribution in [1.82, 2.24) is 25.1 Å². The first kappa shape index (κ1) is 25.1. The molecule has 0 aliphatic heterocycles. The highest BCUT2D eigenvalue weighted by Crippen LogP contribution is 2.36. The molecule has 5 nitrogen and oxygen atoms in total. The molecular weight excluding hydrogens is 471 g/mol. The van der Waals surface area contributed by atoms with Gasteiger partial charge in [0.1, 0.15) is 0 Å². The molecule has 0 aliphatic carbocycles. The van der Waals surface area contributed by atoms with Crippen LogP contribution in [0.4, 0.5) is 13.2 Å². The van der Waals surface area contributed by atoms with E-state index in [4.69, 9.17) is 0 Å². The lowest BCUT2D eigenvalue weighted by Crippen LogP contribution is -2.36. The molecule has 0 N–H and O–H groups in total. The van der Waals surface area contributed by atoms with E-state index >= 15 is 0 Å². The number of rotatable bonds is 8. The Balaban J connectivity index is 1.82. The molecule has 4 aromatic rings. The average Bonchev–Trinajstić information content (AvgIpc) is 3.50. The Kier molecular flexibility index (Phi) is 7.37. The lowest BCUT2D eigenvalue weighted by molar-refractivity contribution is -0.137. The summed E-state index contributed by atoms with van der Waals surface area (Å²) in [5.41, 5.74) is 0.521. The van der Waals surface area contributed by atoms with Gasteiger partial charge in [0.2, 0.25) is 0 Å². The number of benzene rings is 2. The maximum Gasteiger partial charge on any atom is 0.416 e. The van der Waals surface area contributed by atoms with Crippen molar-refractivity contribution in [3.8, 4) is 0 Å². The summed E-state index contributed by atoms with van der Waals surface area (Å²) >= 11 is 1.62. The number of alkyl halides is 3. The third kappa shape index (κ3) is 6.15. The van der Waals surface area contributed by atoms with Gasteiger partial charge >= 0.3 is 6.18 Å². The van der Waals surface area contributed by atoms with Gasteiger partial charge in [-0.15, -0.1) is 16.4 Å². The van der Waals surface area contributed by atoms with Gasteiger partial charge in [0.15, 0.2) is 5.82 Å². The van der Waals surface area contributed by atoms with Crippen LogP contribution in [0.1, 0.15) is 54.2 Å². The normalized spacial score (nSPS) is 13.3. The molecule has 2 aromatic carbocycles. The van der Waals surface area contributed by atoms with E-state index in [1.54, 1.807) is 22.1 Å². The van der Waals surface area contributed by atoms with Crippen LogP contribution in [0.3, 0.4) is 0 Å². The fourth-order valence-corrected chi connectivity index (χ4v) is 4.80. The number of thiophene rings is 1. The Labute approximate surface area is 207 Å². The number of hydrogen-bond donors (Lipinski definition) is 0. The van der Waals surface area contributed by atoms with Crippen LogP contribution in [0, 0.1) is 0 Å². The molecule has 0 saturated heterocycles. The first-order chi connectivity index (χ1) is 16.6. The Morgan fingerprint density at radius 2 is 1.74 bits per heavy atom. The van der Waals surface area contributed by atoms with E-state index in [1.165, 1.54) is 12.1 Å². The third-order valence-electron chi connectivity index (χ3n) is 5.74. The molecule has 0 aliphatic rings. The highest BCUT2D eigenvalue weighted by molar-refractivity contribution is 7.09. The summed E-state index contributed by atoms with van der Waals surface area (Å²) in [4.78, 5) is 3.28. The van der Waals surface area contributed by atoms with Crippen LogP contribution >= 0.6 is 11.3 Å². The van der Waals surface area contributed by atoms with E-state index in [0.29, 0.717) is 24.5 Å². The predicted molar refractivity (Wildman–Crippen MR) is 131 cm³/mol. The molecular formula is C26H28F3N5S. The lowest BCUT2D eigenvalue weighted by atomic mass is 9.99. The molecule has 0 bridgehead atoms. The van der Waals surface area contributed by atoms with Gasteiger partial charge in [-0.05, 0) is 72.3 Å². The largest absolute Gasteiger partial charge is 0.416 e. The molecule has 35 heavy (non-hydrogen) atoms. The zero-order valence-corrected chi connectivity index (χ0v) is 20.7. The topological polar surface area (TPSA) is 46.8 Å². The molecule has 1 atom stereocenters. The van der Waals surface area contributed by atoms with Gasteiger partial charge in [-0.25, -0.2) is 4.68 Å². The number of tetrazole rings is 1. The SMILES string of the molecule is CC(C)(C)n1nnnc1[C@@H](c1cccc(C(F)(F)F)c1)N(CCc1ccccc1)Cc1cccs1. The van der Waals surface area contributed by atoms with Gasteiger partial charge < -0.3 is 0 Å². The zero-order chi connectivity index (χ0) is 25.1. The van der Waals surface area contributed by atoms with E-state index in [0.717, 1.165) is 22.9 Å². The van der Waals surface area contributed by atoms with Crippen molar-refractivity contribution in [2.75, 3.05) is 6.54 Å². The molecule has 0 fully saturated rings. The Morgan fingerprint density at radius 3 is 2.40 bits per heavy atom. The minimum atomic E-state index is -4.45. The minimum Gasteiger partial charge on any atom is -0.284 e. The fraction of sp³-hybridized carbons (Fsp3) is 0.346. The van der Waals surface area contributed by atoms with Gasteiger partial charge in [-0.1, -0.05) is 48.5 Å². The molecule has 0 saturated carbocycles. The second-order valence-corrected chi connectivity index (χ2v) is 10.5. The standard InChI is InChI=1S/C26H28F3N5S/c1-25(2,3)34-24(30-31-32-34)23(20-11-7-12-21(17-20)26(27,28)29)33(18-22-13-8-16-35-22)15-14-19-9-5-4-6-10-19/h4-13,16-17,23H,14-15,18H2,1-3H3/t23-/m1/s1. The van der Waals surface area contributed by atoms with E-state index < -0.39 is 23.3 Å². The van der Waals surface area contributed by atoms with Crippen molar-refractivity contribution in [3.63, 3.8) is 0 Å². The maximum atomic E-state index is 13.7. The van der Waals surface area contributed by atoms with Crippen LogP contribution in [-0.2, 0) is 24.7 Å². The van der Waals surface area contributed by atoms with Gasteiger partial charge in [0.05, 0.1) is 17.1 Å². The fourth-order valence-electron chi connectivity index (χ4n) is 4.07. The lowest BCUT2D eigenvalue weighted by Gasteiger charge is -2.33. The summed E-state index contributed by atoms with van der Waals surface area (Å²) in [6, 6.07) is 19.0. The molecule has 4 rings (SSSR count). The van der Waals surface area contributed by atoms with Crippen LogP contribution in [0.25, 0.3) is 0 Å². The zero-order valence-electron chi connectivity index (χ0n) is 19.9. The number of halogens is 3. The van der Waals surface area contributed by atoms with Crippen molar-refractivity contribution in [3.05, 3.63) is 99.5 Å². The van der Waals surface area contributed by atoms with Gasteiger partial charge in [0.25, 0.3) is 0 Å². The number of hydrogen-bond acceptors (Lipinski definition) is 5. The quantitative estimate of drug-likeness (QED) is 0.284. The monoisotopic (exact) mass is 499 g/mol. The molecule has 2 aromatic heterocycles. The molecule has 0 amide bonds. The van der Waals surface area contributed by atoms with Crippen LogP contribution in [0.5, 0.6) is 0 Å². The van der Waals surface area contributed by atoms with E-state index in [-0.39, 0.29) is 0 Å². The molecule has 0 spiro atoms. The molecule has 184 valence electrons. The van der Waals surface area contributed by atoms with Gasteiger partial charge in [-0.2, -0.15) is 13.2 Å². The van der Waals surface area contributed by atoms with Crippen LogP contribution in [-0.4, -0.2) is 31.7 Å². The van der Waals surface area contributed by atoms with Crippen LogP contribution in [0.15, 0.2) is 72.1 Å². The highest BCUT2D eigenvalue weighted by atomic mass is 32.1. The molecule has 2 heterocycles. The third-order valence-corrected chi connectivity index (χ3v) is 6.60. The second-order valence-electron chi connectivity index (χ2n) is 9.43. The van der Waals surface area contributed by atoms with E-state index in [2.05, 4.69) is 32.6 Å². The predicted octanol–water partition coefficient (Wildman–Crippen LogP) is 6.34. The van der Waals surface area contributed by atoms with Gasteiger partial charge in [0, 0.05) is 18.0 Å². The Bertz CT molecular complexity index is 1210. The Morgan fingerprint density at radius 1 is 0.971 bits per heavy atom. The molecule has 0 radical (unpaired) electrons. The first-order valence-corrected chi connectivity index (χ1v) is 12.3. The molecule has 0 unspecified atom stereocenters. The number of aromatic nitrogens is 4. The Hall–Kier alpha value is -3.04. The average molecular weight is 500 g/mol. The maximum absolute atomic E-state index is 13.7. The van der Waals surface area contributed by atoms with E-state index in [1.807, 2.05) is 56.5 Å². The van der Waals surface area contributed by atoms with Crippen molar-refractivity contribution in [2.24, 2.45) is 0 Å². The van der Waals surface area contributed by atoms with Crippen LogP contribution < -0.4 is 0 Å². The second kappa shape index (κ2) is 10.3. The summed E-state index contributed by atoms with van der Waals surface area (Å²) in [6.07, 6.45) is -3.71. The van der Waals surface area contributed by atoms with Crippen LogP contribution in [0.2, 0.25) is 0 Å². The van der Waals surface area contributed by atoms with Crippen molar-refractivity contribution >= 4 is 11.3 Å². The smallest absolute Gasteiger partial charge is 0.284 e. The highest BCUT2D eigenvalue weighted by Gasteiger charge is 2.35. The first-order valence-electron chi connectivity index (χ1n) is 11.4. The van der Waals surface area contributed by atoms with Crippen molar-refractivity contribution in [2.45, 2.75) is 51.5 Å². The number of nitrogens with zero attached hydrogens (tertiary/aromatic N) is 5. The summed E-state index contributed by atoms with van der Waals surface area (Å²) in [6.45, 7) is 7.10. The van der Waals surface area contributed by atoms with Crippen molar-refractivity contribution < 1.29 is 13.2 Å². The summed E-state index contributed by atoms with van der Waals surface area (Å²) in [7, 11) is 0. The summed E-state index contributed by atoms with van der Waals surface area (Å²) in [5, 5.41) is 14.5. The summed E-state index contributed by atoms with van der Waals surface area (Å²) < 4.78 is 42.7.